The Morgan fingerprint density at radius 2 is 1.79 bits per heavy atom. The summed E-state index contributed by atoms with van der Waals surface area (Å²) in [6.07, 6.45) is 1.43. The molecule has 24 heavy (non-hydrogen) atoms. The van der Waals surface area contributed by atoms with Crippen LogP contribution in [0.5, 0.6) is 0 Å². The summed E-state index contributed by atoms with van der Waals surface area (Å²) in [4.78, 5) is 24.1. The second-order valence-electron chi connectivity index (χ2n) is 5.23. The van der Waals surface area contributed by atoms with Crippen molar-refractivity contribution in [2.75, 3.05) is 13.1 Å². The maximum absolute atomic E-state index is 12.4. The fourth-order valence-corrected chi connectivity index (χ4v) is 2.90. The molecule has 0 fully saturated rings. The lowest BCUT2D eigenvalue weighted by Gasteiger charge is -2.08. The van der Waals surface area contributed by atoms with Crippen LogP contribution < -0.4 is 10.6 Å². The van der Waals surface area contributed by atoms with Crippen molar-refractivity contribution in [3.05, 3.63) is 59.1 Å². The highest BCUT2D eigenvalue weighted by atomic mass is 35.5. The van der Waals surface area contributed by atoms with Crippen LogP contribution in [0, 0.1) is 0 Å². The van der Waals surface area contributed by atoms with Crippen molar-refractivity contribution in [2.24, 2.45) is 7.05 Å². The lowest BCUT2D eigenvalue weighted by molar-refractivity contribution is 0.0908. The molecular formula is C17H16ClN3O3. The van der Waals surface area contributed by atoms with Crippen LogP contribution in [0.2, 0.25) is 5.02 Å². The molecule has 7 heteroatoms. The average Bonchev–Trinajstić information content (AvgIpc) is 3.20. The Balaban J connectivity index is 1.61. The maximum Gasteiger partial charge on any atom is 0.287 e. The molecule has 0 bridgehead atoms. The summed E-state index contributed by atoms with van der Waals surface area (Å²) in [6, 6.07) is 10.8. The van der Waals surface area contributed by atoms with Gasteiger partial charge in [-0.25, -0.2) is 0 Å². The van der Waals surface area contributed by atoms with Crippen molar-refractivity contribution in [2.45, 2.75) is 0 Å². The molecule has 124 valence electrons. The van der Waals surface area contributed by atoms with Gasteiger partial charge in [0.15, 0.2) is 5.76 Å². The van der Waals surface area contributed by atoms with Crippen LogP contribution in [-0.4, -0.2) is 29.5 Å². The van der Waals surface area contributed by atoms with Crippen LogP contribution in [0.1, 0.15) is 21.0 Å². The Bertz CT molecular complexity index is 845. The normalized spacial score (nSPS) is 10.8. The molecule has 2 N–H and O–H groups in total. The molecule has 0 aliphatic rings. The van der Waals surface area contributed by atoms with Crippen molar-refractivity contribution in [3.8, 4) is 0 Å². The summed E-state index contributed by atoms with van der Waals surface area (Å²) < 4.78 is 6.75. The van der Waals surface area contributed by atoms with E-state index in [0.29, 0.717) is 10.7 Å². The van der Waals surface area contributed by atoms with E-state index in [2.05, 4.69) is 10.6 Å². The lowest BCUT2D eigenvalue weighted by atomic mass is 10.2. The van der Waals surface area contributed by atoms with Gasteiger partial charge in [-0.15, -0.1) is 0 Å². The maximum atomic E-state index is 12.4. The van der Waals surface area contributed by atoms with Gasteiger partial charge in [-0.2, -0.15) is 0 Å². The van der Waals surface area contributed by atoms with Gasteiger partial charge in [-0.05, 0) is 18.2 Å². The number of furan rings is 1. The van der Waals surface area contributed by atoms with Gasteiger partial charge in [-0.1, -0.05) is 29.8 Å². The summed E-state index contributed by atoms with van der Waals surface area (Å²) in [5.74, 6) is -0.374. The van der Waals surface area contributed by atoms with Gasteiger partial charge in [0.25, 0.3) is 11.8 Å². The third-order valence-corrected chi connectivity index (χ3v) is 4.08. The van der Waals surface area contributed by atoms with E-state index in [-0.39, 0.29) is 30.7 Å². The number of hydrogen-bond acceptors (Lipinski definition) is 3. The first-order valence-corrected chi connectivity index (χ1v) is 7.80. The molecule has 0 unspecified atom stereocenters. The summed E-state index contributed by atoms with van der Waals surface area (Å²) in [7, 11) is 1.79. The van der Waals surface area contributed by atoms with Gasteiger partial charge >= 0.3 is 0 Å². The summed E-state index contributed by atoms with van der Waals surface area (Å²) in [5, 5.41) is 6.67. The molecule has 0 saturated carbocycles. The smallest absolute Gasteiger partial charge is 0.287 e. The molecule has 1 aromatic carbocycles. The molecule has 2 aromatic heterocycles. The number of aromatic nitrogens is 1. The zero-order chi connectivity index (χ0) is 17.1. The van der Waals surface area contributed by atoms with Crippen LogP contribution >= 0.6 is 11.6 Å². The fourth-order valence-electron chi connectivity index (χ4n) is 2.53. The topological polar surface area (TPSA) is 76.3 Å². The van der Waals surface area contributed by atoms with Crippen molar-refractivity contribution in [1.29, 1.82) is 0 Å². The highest BCUT2D eigenvalue weighted by Gasteiger charge is 2.19. The monoisotopic (exact) mass is 345 g/mol. The summed E-state index contributed by atoms with van der Waals surface area (Å²) >= 11 is 6.32. The van der Waals surface area contributed by atoms with Crippen molar-refractivity contribution < 1.29 is 14.0 Å². The second kappa shape index (κ2) is 6.80. The Morgan fingerprint density at radius 1 is 1.08 bits per heavy atom. The first-order valence-electron chi connectivity index (χ1n) is 7.42. The number of nitrogens with zero attached hydrogens (tertiary/aromatic N) is 1. The van der Waals surface area contributed by atoms with Gasteiger partial charge in [0, 0.05) is 31.0 Å². The number of para-hydroxylation sites is 1. The van der Waals surface area contributed by atoms with E-state index in [1.165, 1.54) is 6.26 Å². The minimum absolute atomic E-state index is 0.234. The number of hydrogen-bond donors (Lipinski definition) is 2. The predicted octanol–water partition coefficient (Wildman–Crippen LogP) is 2.58. The number of benzene rings is 1. The van der Waals surface area contributed by atoms with Crippen molar-refractivity contribution in [1.82, 2.24) is 15.2 Å². The highest BCUT2D eigenvalue weighted by molar-refractivity contribution is 6.38. The van der Waals surface area contributed by atoms with Crippen molar-refractivity contribution in [3.63, 3.8) is 0 Å². The van der Waals surface area contributed by atoms with E-state index in [0.717, 1.165) is 10.9 Å². The van der Waals surface area contributed by atoms with Gasteiger partial charge in [0.2, 0.25) is 0 Å². The van der Waals surface area contributed by atoms with Crippen LogP contribution in [0.3, 0.4) is 0 Å². The van der Waals surface area contributed by atoms with E-state index >= 15 is 0 Å². The van der Waals surface area contributed by atoms with Crippen LogP contribution in [0.25, 0.3) is 10.9 Å². The largest absolute Gasteiger partial charge is 0.459 e. The molecule has 2 heterocycles. The van der Waals surface area contributed by atoms with E-state index in [1.54, 1.807) is 23.7 Å². The Kier molecular flexibility index (Phi) is 4.57. The van der Waals surface area contributed by atoms with E-state index in [9.17, 15) is 9.59 Å². The van der Waals surface area contributed by atoms with Crippen LogP contribution in [-0.2, 0) is 7.05 Å². The molecule has 2 amide bonds. The quantitative estimate of drug-likeness (QED) is 0.698. The molecule has 0 radical (unpaired) electrons. The third kappa shape index (κ3) is 3.00. The number of carbonyl (C=O) groups excluding carboxylic acids is 2. The Morgan fingerprint density at radius 3 is 2.46 bits per heavy atom. The Labute approximate surface area is 143 Å². The van der Waals surface area contributed by atoms with E-state index in [4.69, 9.17) is 16.0 Å². The van der Waals surface area contributed by atoms with Gasteiger partial charge < -0.3 is 19.6 Å². The number of aryl methyl sites for hydroxylation is 1. The molecule has 0 atom stereocenters. The average molecular weight is 346 g/mol. The molecule has 0 aliphatic heterocycles. The molecule has 0 spiro atoms. The zero-order valence-electron chi connectivity index (χ0n) is 13.0. The predicted molar refractivity (Wildman–Crippen MR) is 91.3 cm³/mol. The first-order chi connectivity index (χ1) is 11.6. The number of halogens is 1. The number of fused-ring (bicyclic) bond motifs is 1. The number of carbonyl (C=O) groups is 2. The van der Waals surface area contributed by atoms with Gasteiger partial charge in [0.1, 0.15) is 5.69 Å². The van der Waals surface area contributed by atoms with Crippen LogP contribution in [0.15, 0.2) is 47.1 Å². The molecule has 6 nitrogen and oxygen atoms in total. The number of amides is 2. The molecule has 0 saturated heterocycles. The molecule has 3 aromatic rings. The first kappa shape index (κ1) is 16.1. The number of nitrogens with one attached hydrogen (secondary N) is 2. The lowest BCUT2D eigenvalue weighted by Crippen LogP contribution is -2.35. The van der Waals surface area contributed by atoms with E-state index < -0.39 is 0 Å². The van der Waals surface area contributed by atoms with Crippen molar-refractivity contribution >= 4 is 34.3 Å². The fraction of sp³-hybridized carbons (Fsp3) is 0.176. The second-order valence-corrected chi connectivity index (χ2v) is 5.61. The van der Waals surface area contributed by atoms with Crippen LogP contribution in [0.4, 0.5) is 0 Å². The zero-order valence-corrected chi connectivity index (χ0v) is 13.8. The van der Waals surface area contributed by atoms with Gasteiger partial charge in [-0.3, -0.25) is 9.59 Å². The third-order valence-electron chi connectivity index (χ3n) is 3.70. The Hall–Kier alpha value is -2.73. The summed E-state index contributed by atoms with van der Waals surface area (Å²) in [5.41, 5.74) is 1.29. The highest BCUT2D eigenvalue weighted by Crippen LogP contribution is 2.29. The molecular weight excluding hydrogens is 330 g/mol. The molecule has 0 aliphatic carbocycles. The minimum Gasteiger partial charge on any atom is -0.459 e. The minimum atomic E-state index is -0.322. The van der Waals surface area contributed by atoms with E-state index in [1.807, 2.05) is 24.3 Å². The molecule has 3 rings (SSSR count). The summed E-state index contributed by atoms with van der Waals surface area (Å²) in [6.45, 7) is 0.565. The SMILES string of the molecule is Cn1c(C(=O)NCCNC(=O)c2ccco2)c(Cl)c2ccccc21. The van der Waals surface area contributed by atoms with Gasteiger partial charge in [0.05, 0.1) is 11.3 Å². The standard InChI is InChI=1S/C17H16ClN3O3/c1-21-12-6-3-2-5-11(12)14(18)15(21)17(23)20-9-8-19-16(22)13-7-4-10-24-13/h2-7,10H,8-9H2,1H3,(H,19,22)(H,20,23). The number of rotatable bonds is 5.